The first-order valence-electron chi connectivity index (χ1n) is 9.99. The average molecular weight is 423 g/mol. The monoisotopic (exact) mass is 422 g/mol. The summed E-state index contributed by atoms with van der Waals surface area (Å²) in [7, 11) is -0.0595. The summed E-state index contributed by atoms with van der Waals surface area (Å²) >= 11 is 0. The fourth-order valence-electron chi connectivity index (χ4n) is 3.96. The Bertz CT molecular complexity index is 1100. The fourth-order valence-corrected chi connectivity index (χ4v) is 5.59. The average Bonchev–Trinajstić information content (AvgIpc) is 2.79. The molecule has 3 aromatic rings. The highest BCUT2D eigenvalue weighted by Crippen LogP contribution is 2.36. The number of benzene rings is 3. The van der Waals surface area contributed by atoms with Crippen LogP contribution in [0, 0.1) is 0 Å². The van der Waals surface area contributed by atoms with Crippen molar-refractivity contribution in [2.75, 3.05) is 33.8 Å². The lowest BCUT2D eigenvalue weighted by molar-refractivity contribution is 0.160. The first-order valence-corrected chi connectivity index (χ1v) is 11.4. The lowest BCUT2D eigenvalue weighted by atomic mass is 10.0. The van der Waals surface area contributed by atoms with Crippen LogP contribution in [-0.2, 0) is 10.0 Å². The van der Waals surface area contributed by atoms with Crippen molar-refractivity contribution in [3.8, 4) is 16.9 Å². The Morgan fingerprint density at radius 3 is 2.23 bits per heavy atom. The third kappa shape index (κ3) is 3.99. The fraction of sp³-hybridized carbons (Fsp3) is 0.250. The van der Waals surface area contributed by atoms with Crippen LogP contribution < -0.4 is 4.74 Å². The predicted octanol–water partition coefficient (Wildman–Crippen LogP) is 4.04. The standard InChI is InChI=1S/C24H26N2O3S/c1-25-15-16-26(23(18-25)20-11-7-4-8-12-20)30(27,28)21-13-14-24(29-2)22(17-21)19-9-5-3-6-10-19/h3-14,17,23H,15-16,18H2,1-2H3. The molecule has 1 saturated heterocycles. The second kappa shape index (κ2) is 8.60. The van der Waals surface area contributed by atoms with E-state index in [9.17, 15) is 8.42 Å². The Balaban J connectivity index is 1.77. The van der Waals surface area contributed by atoms with Gasteiger partial charge in [0.05, 0.1) is 18.0 Å². The Hall–Kier alpha value is -2.67. The van der Waals surface area contributed by atoms with E-state index in [4.69, 9.17) is 4.74 Å². The third-order valence-corrected chi connectivity index (χ3v) is 7.49. The Morgan fingerprint density at radius 2 is 1.57 bits per heavy atom. The van der Waals surface area contributed by atoms with Crippen LogP contribution in [0.5, 0.6) is 5.75 Å². The van der Waals surface area contributed by atoms with Crippen molar-refractivity contribution in [2.24, 2.45) is 0 Å². The zero-order chi connectivity index (χ0) is 21.1. The maximum atomic E-state index is 13.7. The molecular formula is C24H26N2O3S. The topological polar surface area (TPSA) is 49.9 Å². The van der Waals surface area contributed by atoms with Gasteiger partial charge in [0.15, 0.2) is 0 Å². The minimum absolute atomic E-state index is 0.225. The van der Waals surface area contributed by atoms with E-state index in [0.29, 0.717) is 25.4 Å². The van der Waals surface area contributed by atoms with E-state index in [1.807, 2.05) is 67.7 Å². The van der Waals surface area contributed by atoms with Gasteiger partial charge in [-0.2, -0.15) is 4.31 Å². The number of sulfonamides is 1. The lowest BCUT2D eigenvalue weighted by Crippen LogP contribution is -2.49. The number of ether oxygens (including phenoxy) is 1. The Labute approximate surface area is 178 Å². The van der Waals surface area contributed by atoms with Gasteiger partial charge in [-0.3, -0.25) is 0 Å². The molecule has 30 heavy (non-hydrogen) atoms. The zero-order valence-corrected chi connectivity index (χ0v) is 18.0. The molecule has 3 aromatic carbocycles. The van der Waals surface area contributed by atoms with Crippen molar-refractivity contribution in [3.05, 3.63) is 84.4 Å². The van der Waals surface area contributed by atoms with Crippen LogP contribution in [0.1, 0.15) is 11.6 Å². The molecule has 0 bridgehead atoms. The molecule has 1 atom stereocenters. The van der Waals surface area contributed by atoms with Crippen LogP contribution in [0.3, 0.4) is 0 Å². The second-order valence-corrected chi connectivity index (χ2v) is 9.42. The molecule has 1 aliphatic rings. The quantitative estimate of drug-likeness (QED) is 0.623. The molecule has 6 heteroatoms. The predicted molar refractivity (Wildman–Crippen MR) is 119 cm³/mol. The van der Waals surface area contributed by atoms with Gasteiger partial charge in [0.2, 0.25) is 10.0 Å². The molecule has 0 spiro atoms. The maximum Gasteiger partial charge on any atom is 0.243 e. The Morgan fingerprint density at radius 1 is 0.900 bits per heavy atom. The zero-order valence-electron chi connectivity index (χ0n) is 17.2. The number of likely N-dealkylation sites (N-methyl/N-ethyl adjacent to an activating group) is 1. The van der Waals surface area contributed by atoms with Crippen LogP contribution in [0.4, 0.5) is 0 Å². The van der Waals surface area contributed by atoms with Crippen molar-refractivity contribution >= 4 is 10.0 Å². The maximum absolute atomic E-state index is 13.7. The van der Waals surface area contributed by atoms with Gasteiger partial charge in [0, 0.05) is 25.2 Å². The molecule has 156 valence electrons. The summed E-state index contributed by atoms with van der Waals surface area (Å²) in [5, 5.41) is 0. The highest BCUT2D eigenvalue weighted by atomic mass is 32.2. The van der Waals surface area contributed by atoms with Gasteiger partial charge in [-0.1, -0.05) is 60.7 Å². The number of piperazine rings is 1. The van der Waals surface area contributed by atoms with E-state index in [-0.39, 0.29) is 10.9 Å². The van der Waals surface area contributed by atoms with Crippen molar-refractivity contribution in [1.29, 1.82) is 0 Å². The first-order chi connectivity index (χ1) is 14.5. The van der Waals surface area contributed by atoms with E-state index in [1.54, 1.807) is 29.6 Å². The lowest BCUT2D eigenvalue weighted by Gasteiger charge is -2.39. The molecule has 0 aromatic heterocycles. The van der Waals surface area contributed by atoms with Crippen molar-refractivity contribution < 1.29 is 13.2 Å². The first kappa shape index (κ1) is 20.6. The molecular weight excluding hydrogens is 396 g/mol. The molecule has 1 fully saturated rings. The summed E-state index contributed by atoms with van der Waals surface area (Å²) in [5.41, 5.74) is 2.69. The van der Waals surface area contributed by atoms with Gasteiger partial charge in [-0.15, -0.1) is 0 Å². The summed E-state index contributed by atoms with van der Waals surface area (Å²) in [6.45, 7) is 1.81. The molecule has 0 N–H and O–H groups in total. The van der Waals surface area contributed by atoms with Crippen molar-refractivity contribution in [1.82, 2.24) is 9.21 Å². The summed E-state index contributed by atoms with van der Waals surface area (Å²) in [6, 6.07) is 24.4. The van der Waals surface area contributed by atoms with E-state index in [0.717, 1.165) is 16.7 Å². The molecule has 1 unspecified atom stereocenters. The van der Waals surface area contributed by atoms with E-state index < -0.39 is 10.0 Å². The summed E-state index contributed by atoms with van der Waals surface area (Å²) < 4.78 is 34.6. The number of nitrogens with zero attached hydrogens (tertiary/aromatic N) is 2. The molecule has 0 aliphatic carbocycles. The van der Waals surface area contributed by atoms with Gasteiger partial charge in [-0.25, -0.2) is 8.42 Å². The largest absolute Gasteiger partial charge is 0.496 e. The molecule has 0 radical (unpaired) electrons. The SMILES string of the molecule is COc1ccc(S(=O)(=O)N2CCN(C)CC2c2ccccc2)cc1-c1ccccc1. The minimum Gasteiger partial charge on any atom is -0.496 e. The highest BCUT2D eigenvalue weighted by molar-refractivity contribution is 7.89. The van der Waals surface area contributed by atoms with E-state index >= 15 is 0 Å². The minimum atomic E-state index is -3.69. The van der Waals surface area contributed by atoms with Gasteiger partial charge >= 0.3 is 0 Å². The molecule has 1 aliphatic heterocycles. The summed E-state index contributed by atoms with van der Waals surface area (Å²) in [4.78, 5) is 2.46. The van der Waals surface area contributed by atoms with Gasteiger partial charge in [-0.05, 0) is 36.4 Å². The molecule has 4 rings (SSSR count). The Kier molecular flexibility index (Phi) is 5.90. The number of hydrogen-bond donors (Lipinski definition) is 0. The molecule has 0 amide bonds. The summed E-state index contributed by atoms with van der Waals surface area (Å²) in [6.07, 6.45) is 0. The number of rotatable bonds is 5. The molecule has 1 heterocycles. The smallest absolute Gasteiger partial charge is 0.243 e. The molecule has 0 saturated carbocycles. The third-order valence-electron chi connectivity index (χ3n) is 5.58. The van der Waals surface area contributed by atoms with Crippen molar-refractivity contribution in [3.63, 3.8) is 0 Å². The van der Waals surface area contributed by atoms with Crippen LogP contribution in [0.2, 0.25) is 0 Å². The van der Waals surface area contributed by atoms with Crippen LogP contribution in [0.15, 0.2) is 83.8 Å². The van der Waals surface area contributed by atoms with Crippen molar-refractivity contribution in [2.45, 2.75) is 10.9 Å². The van der Waals surface area contributed by atoms with Crippen LogP contribution >= 0.6 is 0 Å². The van der Waals surface area contributed by atoms with E-state index in [1.165, 1.54) is 0 Å². The number of methoxy groups -OCH3 is 1. The molecule has 5 nitrogen and oxygen atoms in total. The van der Waals surface area contributed by atoms with Gasteiger partial charge < -0.3 is 9.64 Å². The van der Waals surface area contributed by atoms with Gasteiger partial charge in [0.1, 0.15) is 5.75 Å². The number of hydrogen-bond acceptors (Lipinski definition) is 4. The van der Waals surface area contributed by atoms with Crippen LogP contribution in [0.25, 0.3) is 11.1 Å². The highest BCUT2D eigenvalue weighted by Gasteiger charge is 2.36. The van der Waals surface area contributed by atoms with Crippen LogP contribution in [-0.4, -0.2) is 51.4 Å². The normalized spacial score (nSPS) is 18.3. The summed E-state index contributed by atoms with van der Waals surface area (Å²) in [5.74, 6) is 0.651. The second-order valence-electron chi connectivity index (χ2n) is 7.53. The van der Waals surface area contributed by atoms with Gasteiger partial charge in [0.25, 0.3) is 0 Å². The van der Waals surface area contributed by atoms with E-state index in [2.05, 4.69) is 4.90 Å².